The Labute approximate surface area is 119 Å². The molecule has 0 unspecified atom stereocenters. The van der Waals surface area contributed by atoms with Gasteiger partial charge in [0.05, 0.1) is 5.57 Å². The van der Waals surface area contributed by atoms with Crippen LogP contribution in [0.4, 0.5) is 0 Å². The molecule has 0 atom stereocenters. The molecule has 2 aromatic carbocycles. The van der Waals surface area contributed by atoms with Gasteiger partial charge < -0.3 is 5.11 Å². The molecule has 0 aromatic heterocycles. The zero-order valence-electron chi connectivity index (χ0n) is 9.65. The first-order valence-corrected chi connectivity index (χ1v) is 6.37. The molecule has 2 nitrogen and oxygen atoms in total. The van der Waals surface area contributed by atoms with Gasteiger partial charge in [-0.2, -0.15) is 0 Å². The summed E-state index contributed by atoms with van der Waals surface area (Å²) in [5.41, 5.74) is 1.80. The molecule has 0 radical (unpaired) electrons. The Morgan fingerprint density at radius 3 is 2.05 bits per heavy atom. The van der Waals surface area contributed by atoms with E-state index in [-0.39, 0.29) is 17.1 Å². The molecule has 0 heterocycles. The number of rotatable bonds is 1. The van der Waals surface area contributed by atoms with Gasteiger partial charge in [-0.05, 0) is 23.8 Å². The van der Waals surface area contributed by atoms with Crippen LogP contribution in [0.5, 0.6) is 0 Å². The summed E-state index contributed by atoms with van der Waals surface area (Å²) in [5.74, 6) is -0.245. The van der Waals surface area contributed by atoms with E-state index in [0.717, 1.165) is 0 Å². The minimum Gasteiger partial charge on any atom is -0.507 e. The van der Waals surface area contributed by atoms with E-state index in [0.29, 0.717) is 26.7 Å². The number of aliphatic hydroxyl groups is 1. The average molecular weight is 291 g/mol. The van der Waals surface area contributed by atoms with Gasteiger partial charge in [0, 0.05) is 21.2 Å². The predicted octanol–water partition coefficient (Wildman–Crippen LogP) is 4.62. The lowest BCUT2D eigenvalue weighted by Crippen LogP contribution is -1.98. The molecular weight excluding hydrogens is 283 g/mol. The van der Waals surface area contributed by atoms with Crippen LogP contribution in [0, 0.1) is 0 Å². The predicted molar refractivity (Wildman–Crippen MR) is 76.7 cm³/mol. The van der Waals surface area contributed by atoms with Gasteiger partial charge in [-0.15, -0.1) is 0 Å². The van der Waals surface area contributed by atoms with Gasteiger partial charge in [0.15, 0.2) is 5.78 Å². The van der Waals surface area contributed by atoms with Gasteiger partial charge in [-0.3, -0.25) is 4.79 Å². The SMILES string of the molecule is O=C1C(c2cc(Cl)cc(Cl)c2)=C(O)c2ccccc21. The molecule has 3 rings (SSSR count). The van der Waals surface area contributed by atoms with E-state index in [1.807, 2.05) is 0 Å². The maximum Gasteiger partial charge on any atom is 0.198 e. The lowest BCUT2D eigenvalue weighted by atomic mass is 10.0. The van der Waals surface area contributed by atoms with Crippen LogP contribution in [-0.4, -0.2) is 10.9 Å². The summed E-state index contributed by atoms with van der Waals surface area (Å²) in [6.45, 7) is 0. The van der Waals surface area contributed by atoms with Crippen LogP contribution < -0.4 is 0 Å². The summed E-state index contributed by atoms with van der Waals surface area (Å²) in [7, 11) is 0. The van der Waals surface area contributed by atoms with Crippen molar-refractivity contribution in [2.24, 2.45) is 0 Å². The number of benzene rings is 2. The van der Waals surface area contributed by atoms with E-state index >= 15 is 0 Å². The molecule has 0 bridgehead atoms. The fourth-order valence-electron chi connectivity index (χ4n) is 2.23. The van der Waals surface area contributed by atoms with Crippen LogP contribution in [-0.2, 0) is 0 Å². The first-order chi connectivity index (χ1) is 9.08. The molecule has 0 spiro atoms. The number of hydrogen-bond donors (Lipinski definition) is 1. The van der Waals surface area contributed by atoms with Crippen molar-refractivity contribution in [1.29, 1.82) is 0 Å². The lowest BCUT2D eigenvalue weighted by Gasteiger charge is -2.04. The number of carbonyl (C=O) groups is 1. The Balaban J connectivity index is 2.22. The zero-order valence-corrected chi connectivity index (χ0v) is 11.2. The number of fused-ring (bicyclic) bond motifs is 1. The van der Waals surface area contributed by atoms with Gasteiger partial charge in [-0.1, -0.05) is 47.5 Å². The largest absolute Gasteiger partial charge is 0.507 e. The van der Waals surface area contributed by atoms with Crippen LogP contribution in [0.2, 0.25) is 10.0 Å². The Morgan fingerprint density at radius 1 is 0.895 bits per heavy atom. The number of aliphatic hydroxyl groups excluding tert-OH is 1. The molecule has 2 aromatic rings. The van der Waals surface area contributed by atoms with E-state index in [2.05, 4.69) is 0 Å². The molecule has 0 amide bonds. The summed E-state index contributed by atoms with van der Waals surface area (Å²) in [5, 5.41) is 11.1. The van der Waals surface area contributed by atoms with Crippen molar-refractivity contribution >= 4 is 40.3 Å². The van der Waals surface area contributed by atoms with Crippen molar-refractivity contribution < 1.29 is 9.90 Å². The Morgan fingerprint density at radius 2 is 1.47 bits per heavy atom. The summed E-state index contributed by atoms with van der Waals surface area (Å²) in [6.07, 6.45) is 0. The second kappa shape index (κ2) is 4.41. The van der Waals surface area contributed by atoms with Crippen LogP contribution >= 0.6 is 23.2 Å². The second-order valence-electron chi connectivity index (χ2n) is 4.26. The molecule has 1 aliphatic rings. The number of ketones is 1. The van der Waals surface area contributed by atoms with Crippen LogP contribution in [0.25, 0.3) is 11.3 Å². The number of carbonyl (C=O) groups excluding carboxylic acids is 1. The Hall–Kier alpha value is -1.77. The first-order valence-electron chi connectivity index (χ1n) is 5.62. The molecule has 1 N–H and O–H groups in total. The summed E-state index contributed by atoms with van der Waals surface area (Å²) >= 11 is 11.9. The Bertz CT molecular complexity index is 712. The number of hydrogen-bond acceptors (Lipinski definition) is 2. The molecule has 94 valence electrons. The van der Waals surface area contributed by atoms with Gasteiger partial charge in [0.2, 0.25) is 0 Å². The lowest BCUT2D eigenvalue weighted by molar-refractivity contribution is 0.105. The van der Waals surface area contributed by atoms with Crippen molar-refractivity contribution in [2.45, 2.75) is 0 Å². The third-order valence-electron chi connectivity index (χ3n) is 3.04. The quantitative estimate of drug-likeness (QED) is 0.832. The molecule has 19 heavy (non-hydrogen) atoms. The van der Waals surface area contributed by atoms with Crippen LogP contribution in [0.3, 0.4) is 0 Å². The molecule has 0 fully saturated rings. The van der Waals surface area contributed by atoms with Crippen molar-refractivity contribution in [3.05, 3.63) is 69.2 Å². The van der Waals surface area contributed by atoms with Crippen molar-refractivity contribution in [3.63, 3.8) is 0 Å². The third-order valence-corrected chi connectivity index (χ3v) is 3.48. The topological polar surface area (TPSA) is 37.3 Å². The highest BCUT2D eigenvalue weighted by Gasteiger charge is 2.30. The van der Waals surface area contributed by atoms with E-state index in [1.54, 1.807) is 42.5 Å². The monoisotopic (exact) mass is 290 g/mol. The minimum atomic E-state index is -0.216. The highest BCUT2D eigenvalue weighted by atomic mass is 35.5. The molecular formula is C15H8Cl2O2. The number of allylic oxidation sites excluding steroid dienone is 1. The van der Waals surface area contributed by atoms with Gasteiger partial charge in [-0.25, -0.2) is 0 Å². The van der Waals surface area contributed by atoms with Crippen LogP contribution in [0.15, 0.2) is 42.5 Å². The zero-order chi connectivity index (χ0) is 13.6. The standard InChI is InChI=1S/C15H8Cl2O2/c16-9-5-8(6-10(17)7-9)13-14(18)11-3-1-2-4-12(11)15(13)19/h1-7,18H. The van der Waals surface area contributed by atoms with Gasteiger partial charge in [0.1, 0.15) is 5.76 Å². The molecule has 1 aliphatic carbocycles. The number of halogens is 2. The minimum absolute atomic E-state index is 0.0288. The molecule has 4 heteroatoms. The smallest absolute Gasteiger partial charge is 0.198 e. The van der Waals surface area contributed by atoms with Crippen molar-refractivity contribution in [3.8, 4) is 0 Å². The fourth-order valence-corrected chi connectivity index (χ4v) is 2.76. The summed E-state index contributed by atoms with van der Waals surface area (Å²) in [4.78, 5) is 12.3. The first kappa shape index (κ1) is 12.3. The third kappa shape index (κ3) is 1.93. The Kier molecular flexibility index (Phi) is 2.85. The molecule has 0 aliphatic heterocycles. The van der Waals surface area contributed by atoms with E-state index in [9.17, 15) is 9.90 Å². The van der Waals surface area contributed by atoms with E-state index < -0.39 is 0 Å². The normalized spacial score (nSPS) is 13.9. The van der Waals surface area contributed by atoms with Crippen LogP contribution in [0.1, 0.15) is 21.5 Å². The van der Waals surface area contributed by atoms with Gasteiger partial charge in [0.25, 0.3) is 0 Å². The molecule has 0 saturated heterocycles. The van der Waals surface area contributed by atoms with Crippen molar-refractivity contribution in [1.82, 2.24) is 0 Å². The highest BCUT2D eigenvalue weighted by molar-refractivity contribution is 6.40. The second-order valence-corrected chi connectivity index (χ2v) is 5.13. The fraction of sp³-hybridized carbons (Fsp3) is 0. The molecule has 0 saturated carbocycles. The highest BCUT2D eigenvalue weighted by Crippen LogP contribution is 2.38. The van der Waals surface area contributed by atoms with E-state index in [1.165, 1.54) is 0 Å². The summed E-state index contributed by atoms with van der Waals surface area (Å²) < 4.78 is 0. The van der Waals surface area contributed by atoms with Gasteiger partial charge >= 0.3 is 0 Å². The maximum absolute atomic E-state index is 12.3. The van der Waals surface area contributed by atoms with E-state index in [4.69, 9.17) is 23.2 Å². The average Bonchev–Trinajstić information content (AvgIpc) is 2.61. The van der Waals surface area contributed by atoms with Crippen molar-refractivity contribution in [2.75, 3.05) is 0 Å². The number of Topliss-reactive ketones (excluding diaryl/α,β-unsaturated/α-hetero) is 1. The summed E-state index contributed by atoms with van der Waals surface area (Å²) in [6, 6.07) is 11.7. The maximum atomic E-state index is 12.3.